The summed E-state index contributed by atoms with van der Waals surface area (Å²) in [6.45, 7) is 0. The molecule has 4 aromatic rings. The van der Waals surface area contributed by atoms with Gasteiger partial charge in [-0.3, -0.25) is 0 Å². The fourth-order valence-electron chi connectivity index (χ4n) is 2.51. The number of benzene rings is 1. The molecule has 0 atom stereocenters. The van der Waals surface area contributed by atoms with Gasteiger partial charge < -0.3 is 21.4 Å². The molecule has 5 N–H and O–H groups in total. The van der Waals surface area contributed by atoms with Gasteiger partial charge in [-0.05, 0) is 36.4 Å². The number of nitrogens with zero attached hydrogens (tertiary/aromatic N) is 3. The van der Waals surface area contributed by atoms with Gasteiger partial charge in [0.05, 0.1) is 5.69 Å². The zero-order chi connectivity index (χ0) is 17.2. The van der Waals surface area contributed by atoms with Gasteiger partial charge in [-0.25, -0.2) is 9.97 Å². The summed E-state index contributed by atoms with van der Waals surface area (Å²) in [4.78, 5) is 15.3. The van der Waals surface area contributed by atoms with Gasteiger partial charge in [0, 0.05) is 35.2 Å². The number of H-pyrrole nitrogens is 1. The van der Waals surface area contributed by atoms with Crippen molar-refractivity contribution in [2.45, 2.75) is 0 Å². The largest absolute Gasteiger partial charge is 0.368 e. The number of fused-ring (bicyclic) bond motifs is 1. The van der Waals surface area contributed by atoms with E-state index in [2.05, 4.69) is 30.6 Å². The molecule has 0 unspecified atom stereocenters. The van der Waals surface area contributed by atoms with Crippen LogP contribution >= 0.6 is 11.6 Å². The molecule has 25 heavy (non-hydrogen) atoms. The monoisotopic (exact) mass is 351 g/mol. The molecule has 0 radical (unpaired) electrons. The zero-order valence-corrected chi connectivity index (χ0v) is 13.7. The van der Waals surface area contributed by atoms with E-state index in [0.29, 0.717) is 11.0 Å². The minimum Gasteiger partial charge on any atom is -0.368 e. The minimum absolute atomic E-state index is 0.126. The molecule has 8 heteroatoms. The molecule has 0 aliphatic heterocycles. The van der Waals surface area contributed by atoms with Crippen molar-refractivity contribution in [2.75, 3.05) is 16.4 Å². The third-order valence-electron chi connectivity index (χ3n) is 3.61. The van der Waals surface area contributed by atoms with Gasteiger partial charge in [0.1, 0.15) is 16.6 Å². The normalized spacial score (nSPS) is 10.8. The molecule has 0 fully saturated rings. The summed E-state index contributed by atoms with van der Waals surface area (Å²) in [6, 6.07) is 13.3. The van der Waals surface area contributed by atoms with Crippen molar-refractivity contribution < 1.29 is 0 Å². The van der Waals surface area contributed by atoms with Gasteiger partial charge in [0.15, 0.2) is 0 Å². The molecule has 7 nitrogen and oxygen atoms in total. The molecular formula is C17H14ClN7. The molecule has 0 aliphatic carbocycles. The van der Waals surface area contributed by atoms with Crippen LogP contribution in [-0.2, 0) is 0 Å². The van der Waals surface area contributed by atoms with Gasteiger partial charge in [-0.15, -0.1) is 0 Å². The second-order valence-electron chi connectivity index (χ2n) is 5.36. The van der Waals surface area contributed by atoms with Crippen molar-refractivity contribution in [3.63, 3.8) is 0 Å². The Morgan fingerprint density at radius 1 is 0.960 bits per heavy atom. The summed E-state index contributed by atoms with van der Waals surface area (Å²) in [5.41, 5.74) is 9.25. The highest BCUT2D eigenvalue weighted by Gasteiger charge is 2.04. The molecular weight excluding hydrogens is 338 g/mol. The Balaban J connectivity index is 1.53. The van der Waals surface area contributed by atoms with Gasteiger partial charge in [-0.2, -0.15) is 4.98 Å². The van der Waals surface area contributed by atoms with Gasteiger partial charge in [-0.1, -0.05) is 11.6 Å². The van der Waals surface area contributed by atoms with Crippen LogP contribution in [0.3, 0.4) is 0 Å². The number of pyridine rings is 1. The lowest BCUT2D eigenvalue weighted by Crippen LogP contribution is -2.00. The van der Waals surface area contributed by atoms with Crippen LogP contribution in [0.4, 0.5) is 28.8 Å². The van der Waals surface area contributed by atoms with E-state index in [0.717, 1.165) is 28.1 Å². The van der Waals surface area contributed by atoms with Gasteiger partial charge >= 0.3 is 0 Å². The van der Waals surface area contributed by atoms with Crippen LogP contribution in [0.15, 0.2) is 54.9 Å². The lowest BCUT2D eigenvalue weighted by atomic mass is 10.2. The Labute approximate surface area is 148 Å². The number of halogens is 1. The smallest absolute Gasteiger partial charge is 0.223 e. The number of aromatic nitrogens is 4. The summed E-state index contributed by atoms with van der Waals surface area (Å²) >= 11 is 5.88. The first-order valence-corrected chi connectivity index (χ1v) is 7.91. The Morgan fingerprint density at radius 3 is 2.48 bits per heavy atom. The molecule has 3 heterocycles. The average Bonchev–Trinajstić information content (AvgIpc) is 3.05. The van der Waals surface area contributed by atoms with E-state index in [1.54, 1.807) is 12.3 Å². The van der Waals surface area contributed by atoms with Crippen LogP contribution in [0.5, 0.6) is 0 Å². The van der Waals surface area contributed by atoms with E-state index in [9.17, 15) is 0 Å². The Bertz CT molecular complexity index is 1010. The first-order valence-electron chi connectivity index (χ1n) is 7.54. The number of rotatable bonds is 4. The molecule has 124 valence electrons. The maximum absolute atomic E-state index is 5.88. The lowest BCUT2D eigenvalue weighted by molar-refractivity contribution is 1.18. The van der Waals surface area contributed by atoms with Crippen LogP contribution in [0, 0.1) is 0 Å². The summed E-state index contributed by atoms with van der Waals surface area (Å²) in [5.74, 6) is 0.669. The van der Waals surface area contributed by atoms with Crippen LogP contribution in [-0.4, -0.2) is 19.9 Å². The molecule has 0 bridgehead atoms. The highest BCUT2D eigenvalue weighted by Crippen LogP contribution is 2.26. The highest BCUT2D eigenvalue weighted by molar-refractivity contribution is 6.29. The zero-order valence-electron chi connectivity index (χ0n) is 13.0. The lowest BCUT2D eigenvalue weighted by Gasteiger charge is -2.10. The maximum Gasteiger partial charge on any atom is 0.223 e. The number of nitrogens with two attached hydrogens (primary N) is 1. The Kier molecular flexibility index (Phi) is 3.83. The highest BCUT2D eigenvalue weighted by atomic mass is 35.5. The van der Waals surface area contributed by atoms with Crippen molar-refractivity contribution in [1.82, 2.24) is 19.9 Å². The Morgan fingerprint density at radius 2 is 1.72 bits per heavy atom. The van der Waals surface area contributed by atoms with Crippen molar-refractivity contribution in [1.29, 1.82) is 0 Å². The SMILES string of the molecule is Nc1nc(Cl)cc(Nc2ccc(Nc3ccnc4[nH]ccc34)cc2)n1. The second kappa shape index (κ2) is 6.29. The van der Waals surface area contributed by atoms with Gasteiger partial charge in [0.2, 0.25) is 5.95 Å². The average molecular weight is 352 g/mol. The summed E-state index contributed by atoms with van der Waals surface area (Å²) in [5, 5.41) is 7.86. The fraction of sp³-hybridized carbons (Fsp3) is 0. The molecule has 0 amide bonds. The molecule has 0 aliphatic rings. The second-order valence-corrected chi connectivity index (χ2v) is 5.75. The predicted octanol–water partition coefficient (Wildman–Crippen LogP) is 4.08. The van der Waals surface area contributed by atoms with E-state index < -0.39 is 0 Å². The molecule has 1 aromatic carbocycles. The van der Waals surface area contributed by atoms with Crippen molar-refractivity contribution in [3.05, 3.63) is 60.0 Å². The first kappa shape index (κ1) is 15.2. The maximum atomic E-state index is 5.88. The van der Waals surface area contributed by atoms with E-state index in [1.807, 2.05) is 42.6 Å². The number of aromatic amines is 1. The van der Waals surface area contributed by atoms with Crippen LogP contribution in [0.2, 0.25) is 5.15 Å². The van der Waals surface area contributed by atoms with Crippen molar-refractivity contribution >= 4 is 51.5 Å². The van der Waals surface area contributed by atoms with E-state index in [4.69, 9.17) is 17.3 Å². The topological polar surface area (TPSA) is 105 Å². The van der Waals surface area contributed by atoms with Gasteiger partial charge in [0.25, 0.3) is 0 Å². The number of anilines is 5. The molecule has 0 spiro atoms. The molecule has 0 saturated carbocycles. The fourth-order valence-corrected chi connectivity index (χ4v) is 2.70. The molecule has 0 saturated heterocycles. The minimum atomic E-state index is 0.126. The number of nitrogen functional groups attached to an aromatic ring is 1. The summed E-state index contributed by atoms with van der Waals surface area (Å²) in [7, 11) is 0. The van der Waals surface area contributed by atoms with Crippen LogP contribution in [0.25, 0.3) is 11.0 Å². The van der Waals surface area contributed by atoms with E-state index in [-0.39, 0.29) is 5.95 Å². The molecule has 3 aromatic heterocycles. The third-order valence-corrected chi connectivity index (χ3v) is 3.80. The summed E-state index contributed by atoms with van der Waals surface area (Å²) in [6.07, 6.45) is 3.63. The van der Waals surface area contributed by atoms with Crippen LogP contribution in [0.1, 0.15) is 0 Å². The standard InChI is InChI=1S/C17H14ClN7/c18-14-9-15(25-17(19)24-14)23-11-3-1-10(2-4-11)22-13-6-8-21-16-12(13)5-7-20-16/h1-9H,(H2,20,21,22)(H3,19,23,24,25). The molecule has 4 rings (SSSR count). The van der Waals surface area contributed by atoms with E-state index >= 15 is 0 Å². The summed E-state index contributed by atoms with van der Waals surface area (Å²) < 4.78 is 0. The number of hydrogen-bond acceptors (Lipinski definition) is 6. The quantitative estimate of drug-likeness (QED) is 0.413. The van der Waals surface area contributed by atoms with Crippen molar-refractivity contribution in [3.8, 4) is 0 Å². The third kappa shape index (κ3) is 3.31. The predicted molar refractivity (Wildman–Crippen MR) is 101 cm³/mol. The Hall–Kier alpha value is -3.32. The van der Waals surface area contributed by atoms with Crippen molar-refractivity contribution in [2.24, 2.45) is 0 Å². The van der Waals surface area contributed by atoms with E-state index in [1.165, 1.54) is 0 Å². The van der Waals surface area contributed by atoms with Crippen LogP contribution < -0.4 is 16.4 Å². The number of nitrogens with one attached hydrogen (secondary N) is 3. The number of hydrogen-bond donors (Lipinski definition) is 4. The first-order chi connectivity index (χ1) is 12.2.